The van der Waals surface area contributed by atoms with Crippen LogP contribution in [-0.2, 0) is 47.2 Å². The second-order valence-corrected chi connectivity index (χ2v) is 18.0. The van der Waals surface area contributed by atoms with E-state index in [1.54, 1.807) is 33.8 Å². The molecule has 2 aromatic rings. The van der Waals surface area contributed by atoms with Crippen LogP contribution in [0.25, 0.3) is 11.0 Å². The van der Waals surface area contributed by atoms with Crippen molar-refractivity contribution >= 4 is 57.7 Å². The Hall–Kier alpha value is -2.88. The van der Waals surface area contributed by atoms with Crippen molar-refractivity contribution in [3.8, 4) is 6.07 Å². The van der Waals surface area contributed by atoms with Gasteiger partial charge in [0.15, 0.2) is 26.7 Å². The number of halogens is 2. The van der Waals surface area contributed by atoms with Crippen molar-refractivity contribution in [1.29, 1.82) is 5.26 Å². The molecule has 4 atom stereocenters. The van der Waals surface area contributed by atoms with Crippen LogP contribution < -0.4 is 5.32 Å². The minimum atomic E-state index is -4.67. The molecule has 0 spiro atoms. The second-order valence-electron chi connectivity index (χ2n) is 13.1. The fraction of sp³-hybridized carbons (Fsp3) is 0.667. The number of sulfone groups is 1. The summed E-state index contributed by atoms with van der Waals surface area (Å²) in [6.45, 7) is 5.21. The number of pyridine rings is 1. The number of carbonyl (C=O) groups is 2. The molecule has 3 N–H and O–H groups in total. The lowest BCUT2D eigenvalue weighted by Gasteiger charge is -2.31. The van der Waals surface area contributed by atoms with E-state index in [1.165, 1.54) is 10.8 Å². The Balaban J connectivity index is 1.50. The molecule has 0 aromatic carbocycles. The van der Waals surface area contributed by atoms with Crippen LogP contribution in [-0.4, -0.2) is 95.5 Å². The molecule has 1 saturated heterocycles. The highest BCUT2D eigenvalue weighted by Gasteiger charge is 2.47. The topological polar surface area (TPSA) is 226 Å². The zero-order valence-corrected chi connectivity index (χ0v) is 30.3. The minimum absolute atomic E-state index is 0.00975. The Morgan fingerprint density at radius 3 is 2.24 bits per heavy atom. The molecule has 2 aliphatic rings. The van der Waals surface area contributed by atoms with Gasteiger partial charge >= 0.3 is 19.5 Å². The molecule has 3 heterocycles. The zero-order valence-electron chi connectivity index (χ0n) is 27.9. The van der Waals surface area contributed by atoms with Crippen molar-refractivity contribution in [3.63, 3.8) is 0 Å². The molecule has 2 aromatic heterocycles. The number of hydrogen-bond acceptors (Lipinski definition) is 15. The Morgan fingerprint density at radius 1 is 1.14 bits per heavy atom. The lowest BCUT2D eigenvalue weighted by molar-refractivity contribution is -0.153. The number of fused-ring (bicyclic) bond motifs is 1. The summed E-state index contributed by atoms with van der Waals surface area (Å²) in [6, 6.07) is 3.27. The van der Waals surface area contributed by atoms with Gasteiger partial charge in [-0.2, -0.15) is 5.26 Å². The quantitative estimate of drug-likeness (QED) is 0.0901. The van der Waals surface area contributed by atoms with Gasteiger partial charge in [-0.3, -0.25) is 23.2 Å². The van der Waals surface area contributed by atoms with Gasteiger partial charge in [-0.15, -0.1) is 0 Å². The maximum absolute atomic E-state index is 13.6. The summed E-state index contributed by atoms with van der Waals surface area (Å²) in [5.41, 5.74) is -0.842. The van der Waals surface area contributed by atoms with Crippen molar-refractivity contribution < 1.29 is 60.4 Å². The molecule has 16 nitrogen and oxygen atoms in total. The fourth-order valence-electron chi connectivity index (χ4n) is 5.35. The first-order chi connectivity index (χ1) is 23.4. The van der Waals surface area contributed by atoms with Crippen LogP contribution in [0, 0.1) is 23.2 Å². The van der Waals surface area contributed by atoms with Gasteiger partial charge < -0.3 is 34.3 Å². The number of aromatic nitrogens is 2. The Morgan fingerprint density at radius 2 is 1.72 bits per heavy atom. The highest BCUT2D eigenvalue weighted by molar-refractivity contribution is 7.97. The van der Waals surface area contributed by atoms with Gasteiger partial charge in [0, 0.05) is 30.5 Å². The van der Waals surface area contributed by atoms with Gasteiger partial charge in [0.25, 0.3) is 0 Å². The van der Waals surface area contributed by atoms with E-state index < -0.39 is 84.9 Å². The number of hydrogen-bond donors (Lipinski definition) is 3. The number of rotatable bonds is 17. The van der Waals surface area contributed by atoms with E-state index in [9.17, 15) is 42.4 Å². The Kier molecular flexibility index (Phi) is 13.3. The summed E-state index contributed by atoms with van der Waals surface area (Å²) in [6.07, 6.45) is -5.43. The molecule has 1 aliphatic carbocycles. The summed E-state index contributed by atoms with van der Waals surface area (Å²) in [5, 5.41) is 34.8. The molecule has 0 radical (unpaired) electrons. The number of carbonyl (C=O) groups excluding carboxylic acids is 2. The molecule has 4 rings (SSSR count). The second kappa shape index (κ2) is 16.6. The average molecular weight is 767 g/mol. The first-order valence-electron chi connectivity index (χ1n) is 15.8. The van der Waals surface area contributed by atoms with E-state index in [2.05, 4.69) is 10.3 Å². The molecule has 50 heavy (non-hydrogen) atoms. The fourth-order valence-corrected chi connectivity index (χ4v) is 9.79. The third-order valence-electron chi connectivity index (χ3n) is 7.83. The third-order valence-corrected chi connectivity index (χ3v) is 12.8. The Labute approximate surface area is 293 Å². The van der Waals surface area contributed by atoms with Crippen LogP contribution in [0.15, 0.2) is 12.3 Å². The molecule has 0 unspecified atom stereocenters. The van der Waals surface area contributed by atoms with E-state index in [0.717, 1.165) is 0 Å². The zero-order chi connectivity index (χ0) is 37.0. The van der Waals surface area contributed by atoms with Gasteiger partial charge in [-0.05, 0) is 30.7 Å². The molecule has 278 valence electrons. The number of ether oxygens (including phenoxy) is 3. The molecular weight excluding hydrogens is 726 g/mol. The van der Waals surface area contributed by atoms with Gasteiger partial charge in [-0.1, -0.05) is 39.3 Å². The molecule has 2 fully saturated rings. The highest BCUT2D eigenvalue weighted by atomic mass is 35.5. The van der Waals surface area contributed by atoms with E-state index in [1.807, 2.05) is 6.07 Å². The number of nitriles is 1. The summed E-state index contributed by atoms with van der Waals surface area (Å²) < 4.78 is 80.8. The lowest BCUT2D eigenvalue weighted by Crippen LogP contribution is -2.36. The van der Waals surface area contributed by atoms with Crippen molar-refractivity contribution in [3.05, 3.63) is 23.0 Å². The third kappa shape index (κ3) is 10.1. The highest BCUT2D eigenvalue weighted by Crippen LogP contribution is 2.50. The number of aliphatic hydroxyl groups is 2. The SMILES string of the molecule is CC(C)CC(=O)OCOP(=O)(CS(=O)(=O)C[C@H]1O[C@@H](n2ccc3c(N[C@H]4C[C@@H](F)C4)c(C#N)c(Cl)nc32)[C@H](O)[C@@H]1O)OCOC(=O)CC(C)C. The largest absolute Gasteiger partial charge is 0.438 e. The van der Waals surface area contributed by atoms with Crippen LogP contribution in [0.2, 0.25) is 5.15 Å². The van der Waals surface area contributed by atoms with Gasteiger partial charge in [-0.25, -0.2) is 17.8 Å². The molecule has 1 saturated carbocycles. The smallest absolute Gasteiger partial charge is 0.351 e. The van der Waals surface area contributed by atoms with Crippen LogP contribution in [0.5, 0.6) is 0 Å². The first kappa shape index (κ1) is 39.9. The molecule has 20 heteroatoms. The molecular formula is C30H41ClFN4O12PS. The first-order valence-corrected chi connectivity index (χ1v) is 19.8. The number of anilines is 1. The summed E-state index contributed by atoms with van der Waals surface area (Å²) in [4.78, 5) is 28.2. The van der Waals surface area contributed by atoms with Crippen molar-refractivity contribution in [2.75, 3.05) is 30.1 Å². The van der Waals surface area contributed by atoms with E-state index >= 15 is 0 Å². The normalized spacial score (nSPS) is 23.9. The summed E-state index contributed by atoms with van der Waals surface area (Å²) >= 11 is 6.31. The van der Waals surface area contributed by atoms with Crippen molar-refractivity contribution in [2.45, 2.75) is 90.1 Å². The minimum Gasteiger partial charge on any atom is -0.438 e. The maximum atomic E-state index is 13.6. The van der Waals surface area contributed by atoms with E-state index in [4.69, 9.17) is 34.9 Å². The van der Waals surface area contributed by atoms with Gasteiger partial charge in [0.05, 0.1) is 11.4 Å². The molecule has 0 amide bonds. The molecule has 1 aliphatic heterocycles. The average Bonchev–Trinajstić information content (AvgIpc) is 3.50. The van der Waals surface area contributed by atoms with Crippen LogP contribution in [0.1, 0.15) is 65.2 Å². The van der Waals surface area contributed by atoms with E-state index in [0.29, 0.717) is 11.1 Å². The predicted molar refractivity (Wildman–Crippen MR) is 176 cm³/mol. The predicted octanol–water partition coefficient (Wildman–Crippen LogP) is 3.79. The van der Waals surface area contributed by atoms with Crippen molar-refractivity contribution in [2.24, 2.45) is 11.8 Å². The standard InChI is InChI=1S/C30H41ClFN4O12PS/c1-16(2)7-23(37)44-13-46-49(41,47-14-45-24(38)8-17(3)4)15-50(42,43)12-22-26(39)27(40)30(48-22)36-6-5-20-25(34-19-9-18(32)10-19)21(11-33)28(31)35-29(20)36/h5-6,16-19,22,26-27,30,39-40H,7-10,12-15H2,1-4H3,(H,34,35)/t18-,19+,22-,26-,27-,30-/m1/s1. The van der Waals surface area contributed by atoms with Gasteiger partial charge in [0.1, 0.15) is 41.8 Å². The number of nitrogens with zero attached hydrogens (tertiary/aromatic N) is 3. The molecule has 0 bridgehead atoms. The number of aliphatic hydroxyl groups excluding tert-OH is 2. The number of alkyl halides is 1. The van der Waals surface area contributed by atoms with Crippen LogP contribution >= 0.6 is 19.2 Å². The van der Waals surface area contributed by atoms with Crippen LogP contribution in [0.4, 0.5) is 10.1 Å². The van der Waals surface area contributed by atoms with Gasteiger partial charge in [0.2, 0.25) is 13.6 Å². The monoisotopic (exact) mass is 766 g/mol. The summed E-state index contributed by atoms with van der Waals surface area (Å²) in [7, 11) is -9.17. The van der Waals surface area contributed by atoms with E-state index in [-0.39, 0.29) is 59.9 Å². The maximum Gasteiger partial charge on any atom is 0.351 e. The summed E-state index contributed by atoms with van der Waals surface area (Å²) in [5.74, 6) is -2.49. The number of nitrogens with one attached hydrogen (secondary N) is 1. The van der Waals surface area contributed by atoms with Crippen molar-refractivity contribution in [1.82, 2.24) is 9.55 Å². The van der Waals surface area contributed by atoms with Crippen LogP contribution in [0.3, 0.4) is 0 Å². The Bertz CT molecular complexity index is 1710. The number of esters is 2. The lowest BCUT2D eigenvalue weighted by atomic mass is 9.90.